The average Bonchev–Trinajstić information content (AvgIpc) is 2.75. The Morgan fingerprint density at radius 3 is 2.53 bits per heavy atom. The first-order chi connectivity index (χ1) is 8.24. The predicted molar refractivity (Wildman–Crippen MR) is 68.8 cm³/mol. The van der Waals surface area contributed by atoms with Crippen molar-refractivity contribution in [2.24, 2.45) is 5.92 Å². The normalized spacial score (nSPS) is 10.8. The fourth-order valence-corrected chi connectivity index (χ4v) is 1.69. The molecular weight excluding hydrogens is 212 g/mol. The summed E-state index contributed by atoms with van der Waals surface area (Å²) in [5.74, 6) is 2.66. The summed E-state index contributed by atoms with van der Waals surface area (Å²) >= 11 is 0. The molecule has 0 aromatic carbocycles. The Morgan fingerprint density at radius 1 is 1.12 bits per heavy atom. The molecule has 0 aliphatic rings. The Hall–Kier alpha value is -1.77. The molecule has 17 heavy (non-hydrogen) atoms. The van der Waals surface area contributed by atoms with Crippen LogP contribution in [0.2, 0.25) is 0 Å². The van der Waals surface area contributed by atoms with Gasteiger partial charge in [0.15, 0.2) is 0 Å². The van der Waals surface area contributed by atoms with Gasteiger partial charge < -0.3 is 9.73 Å². The topological polar surface area (TPSA) is 38.1 Å². The molecular formula is C14H18N2O. The van der Waals surface area contributed by atoms with Gasteiger partial charge in [-0.2, -0.15) is 0 Å². The van der Waals surface area contributed by atoms with Crippen LogP contribution in [0, 0.1) is 5.92 Å². The number of nitrogens with one attached hydrogen (secondary N) is 1. The molecule has 2 aromatic heterocycles. The zero-order valence-corrected chi connectivity index (χ0v) is 10.3. The van der Waals surface area contributed by atoms with E-state index in [1.54, 1.807) is 12.4 Å². The van der Waals surface area contributed by atoms with Crippen molar-refractivity contribution in [3.05, 3.63) is 48.2 Å². The maximum atomic E-state index is 5.74. The van der Waals surface area contributed by atoms with Gasteiger partial charge in [-0.15, -0.1) is 0 Å². The summed E-state index contributed by atoms with van der Waals surface area (Å²) in [6, 6.07) is 7.98. The molecule has 0 saturated carbocycles. The van der Waals surface area contributed by atoms with Crippen LogP contribution in [-0.2, 0) is 13.0 Å². The summed E-state index contributed by atoms with van der Waals surface area (Å²) in [5, 5.41) is 3.29. The summed E-state index contributed by atoms with van der Waals surface area (Å²) in [6.45, 7) is 5.09. The first-order valence-corrected chi connectivity index (χ1v) is 5.95. The second kappa shape index (κ2) is 5.53. The Labute approximate surface area is 102 Å². The van der Waals surface area contributed by atoms with Gasteiger partial charge in [0.25, 0.3) is 0 Å². The van der Waals surface area contributed by atoms with E-state index in [-0.39, 0.29) is 0 Å². The minimum atomic E-state index is 0.627. The lowest BCUT2D eigenvalue weighted by molar-refractivity contribution is 0.444. The van der Waals surface area contributed by atoms with Crippen molar-refractivity contribution in [2.45, 2.75) is 26.8 Å². The second-order valence-electron chi connectivity index (χ2n) is 4.56. The highest BCUT2D eigenvalue weighted by molar-refractivity contribution is 5.40. The Kier molecular flexibility index (Phi) is 3.81. The minimum Gasteiger partial charge on any atom is -0.464 e. The van der Waals surface area contributed by atoms with Gasteiger partial charge in [0, 0.05) is 24.5 Å². The fraction of sp³-hybridized carbons (Fsp3) is 0.357. The number of rotatable bonds is 5. The number of anilines is 1. The van der Waals surface area contributed by atoms with Crippen molar-refractivity contribution < 1.29 is 4.42 Å². The number of hydrogen-bond donors (Lipinski definition) is 1. The van der Waals surface area contributed by atoms with Crippen LogP contribution in [0.5, 0.6) is 0 Å². The molecule has 0 amide bonds. The monoisotopic (exact) mass is 230 g/mol. The van der Waals surface area contributed by atoms with E-state index < -0.39 is 0 Å². The maximum Gasteiger partial charge on any atom is 0.123 e. The van der Waals surface area contributed by atoms with Gasteiger partial charge in [0.05, 0.1) is 6.54 Å². The second-order valence-corrected chi connectivity index (χ2v) is 4.56. The molecule has 0 bridgehead atoms. The number of pyridine rings is 1. The van der Waals surface area contributed by atoms with Gasteiger partial charge in [0.1, 0.15) is 11.5 Å². The molecule has 0 unspecified atom stereocenters. The van der Waals surface area contributed by atoms with Crippen molar-refractivity contribution in [3.63, 3.8) is 0 Å². The highest BCUT2D eigenvalue weighted by atomic mass is 16.3. The van der Waals surface area contributed by atoms with Gasteiger partial charge in [-0.3, -0.25) is 4.98 Å². The molecule has 2 aromatic rings. The van der Waals surface area contributed by atoms with Crippen LogP contribution >= 0.6 is 0 Å². The van der Waals surface area contributed by atoms with E-state index >= 15 is 0 Å². The first kappa shape index (κ1) is 11.7. The van der Waals surface area contributed by atoms with Gasteiger partial charge in [-0.25, -0.2) is 0 Å². The fourth-order valence-electron chi connectivity index (χ4n) is 1.69. The maximum absolute atomic E-state index is 5.74. The van der Waals surface area contributed by atoms with Crippen molar-refractivity contribution in [1.29, 1.82) is 0 Å². The Balaban J connectivity index is 1.89. The molecule has 2 heterocycles. The van der Waals surface area contributed by atoms with E-state index in [0.29, 0.717) is 12.5 Å². The summed E-state index contributed by atoms with van der Waals surface area (Å²) in [6.07, 6.45) is 4.54. The third kappa shape index (κ3) is 3.63. The third-order valence-corrected chi connectivity index (χ3v) is 2.47. The van der Waals surface area contributed by atoms with Crippen molar-refractivity contribution >= 4 is 5.69 Å². The lowest BCUT2D eigenvalue weighted by atomic mass is 10.1. The molecule has 2 rings (SSSR count). The first-order valence-electron chi connectivity index (χ1n) is 5.95. The minimum absolute atomic E-state index is 0.627. The highest BCUT2D eigenvalue weighted by Crippen LogP contribution is 2.14. The van der Waals surface area contributed by atoms with Gasteiger partial charge in [0.2, 0.25) is 0 Å². The number of furan rings is 1. The van der Waals surface area contributed by atoms with Crippen LogP contribution in [0.15, 0.2) is 41.1 Å². The molecule has 1 N–H and O–H groups in total. The lowest BCUT2D eigenvalue weighted by Crippen LogP contribution is -1.98. The van der Waals surface area contributed by atoms with E-state index in [1.807, 2.05) is 18.2 Å². The lowest BCUT2D eigenvalue weighted by Gasteiger charge is -2.03. The molecule has 0 aliphatic heterocycles. The smallest absolute Gasteiger partial charge is 0.123 e. The third-order valence-electron chi connectivity index (χ3n) is 2.47. The van der Waals surface area contributed by atoms with E-state index in [0.717, 1.165) is 23.6 Å². The van der Waals surface area contributed by atoms with Crippen LogP contribution in [0.4, 0.5) is 5.69 Å². The largest absolute Gasteiger partial charge is 0.464 e. The molecule has 0 atom stereocenters. The zero-order chi connectivity index (χ0) is 12.1. The molecule has 0 spiro atoms. The predicted octanol–water partition coefficient (Wildman–Crippen LogP) is 3.49. The summed E-state index contributed by atoms with van der Waals surface area (Å²) in [5.41, 5.74) is 1.06. The number of nitrogens with zero attached hydrogens (tertiary/aromatic N) is 1. The molecule has 3 nitrogen and oxygen atoms in total. The van der Waals surface area contributed by atoms with E-state index in [1.165, 1.54) is 0 Å². The molecule has 0 radical (unpaired) electrons. The Morgan fingerprint density at radius 2 is 1.82 bits per heavy atom. The molecule has 0 aliphatic carbocycles. The number of hydrogen-bond acceptors (Lipinski definition) is 3. The standard InChI is InChI=1S/C14H18N2O/c1-11(2)9-13-3-4-14(17-13)10-16-12-5-7-15-8-6-12/h3-8,11H,9-10H2,1-2H3,(H,15,16). The van der Waals surface area contributed by atoms with Crippen molar-refractivity contribution in [2.75, 3.05) is 5.32 Å². The summed E-state index contributed by atoms with van der Waals surface area (Å²) in [7, 11) is 0. The van der Waals surface area contributed by atoms with E-state index in [9.17, 15) is 0 Å². The van der Waals surface area contributed by atoms with Crippen molar-refractivity contribution in [1.82, 2.24) is 4.98 Å². The average molecular weight is 230 g/mol. The van der Waals surface area contributed by atoms with Crippen LogP contribution in [0.3, 0.4) is 0 Å². The summed E-state index contributed by atoms with van der Waals surface area (Å²) < 4.78 is 5.74. The zero-order valence-electron chi connectivity index (χ0n) is 10.3. The number of aromatic nitrogens is 1. The molecule has 0 fully saturated rings. The SMILES string of the molecule is CC(C)Cc1ccc(CNc2ccncc2)o1. The van der Waals surface area contributed by atoms with Gasteiger partial charge in [-0.1, -0.05) is 13.8 Å². The van der Waals surface area contributed by atoms with E-state index in [2.05, 4.69) is 30.2 Å². The van der Waals surface area contributed by atoms with Crippen LogP contribution in [0.25, 0.3) is 0 Å². The van der Waals surface area contributed by atoms with Gasteiger partial charge in [-0.05, 0) is 30.2 Å². The molecule has 90 valence electrons. The Bertz CT molecular complexity index is 448. The van der Waals surface area contributed by atoms with Gasteiger partial charge >= 0.3 is 0 Å². The molecule has 0 saturated heterocycles. The summed E-state index contributed by atoms with van der Waals surface area (Å²) in [4.78, 5) is 3.97. The van der Waals surface area contributed by atoms with Crippen LogP contribution < -0.4 is 5.32 Å². The van der Waals surface area contributed by atoms with Crippen LogP contribution in [-0.4, -0.2) is 4.98 Å². The van der Waals surface area contributed by atoms with Crippen molar-refractivity contribution in [3.8, 4) is 0 Å². The molecule has 3 heteroatoms. The van der Waals surface area contributed by atoms with Crippen LogP contribution in [0.1, 0.15) is 25.4 Å². The quantitative estimate of drug-likeness (QED) is 0.854. The highest BCUT2D eigenvalue weighted by Gasteiger charge is 2.04. The van der Waals surface area contributed by atoms with E-state index in [4.69, 9.17) is 4.42 Å².